The van der Waals surface area contributed by atoms with Crippen molar-refractivity contribution in [1.29, 1.82) is 10.5 Å². The molecule has 0 aliphatic carbocycles. The monoisotopic (exact) mass is 436 g/mol. The lowest BCUT2D eigenvalue weighted by Gasteiger charge is -2.04. The normalized spacial score (nSPS) is 10.9. The molecule has 4 aromatic carbocycles. The van der Waals surface area contributed by atoms with Gasteiger partial charge in [-0.3, -0.25) is 0 Å². The lowest BCUT2D eigenvalue weighted by atomic mass is 10.0. The summed E-state index contributed by atoms with van der Waals surface area (Å²) in [4.78, 5) is 0. The van der Waals surface area contributed by atoms with Crippen LogP contribution in [-0.4, -0.2) is 0 Å². The quantitative estimate of drug-likeness (QED) is 0.297. The number of hydrogen-bond acceptors (Lipinski definition) is 2. The van der Waals surface area contributed by atoms with E-state index in [0.717, 1.165) is 33.4 Å². The van der Waals surface area contributed by atoms with Gasteiger partial charge >= 0.3 is 0 Å². The Hall–Kier alpha value is -4.66. The van der Waals surface area contributed by atoms with Gasteiger partial charge in [0, 0.05) is 0 Å². The van der Waals surface area contributed by atoms with Crippen molar-refractivity contribution in [2.45, 2.75) is 13.8 Å². The van der Waals surface area contributed by atoms with Crippen LogP contribution in [0.1, 0.15) is 44.5 Å². The van der Waals surface area contributed by atoms with Gasteiger partial charge in [0.1, 0.15) is 0 Å². The summed E-state index contributed by atoms with van der Waals surface area (Å²) in [6, 6.07) is 32.8. The summed E-state index contributed by atoms with van der Waals surface area (Å²) in [5, 5.41) is 18.0. The van der Waals surface area contributed by atoms with Crippen molar-refractivity contribution >= 4 is 24.3 Å². The third-order valence-corrected chi connectivity index (χ3v) is 5.86. The fourth-order valence-electron chi connectivity index (χ4n) is 3.81. The summed E-state index contributed by atoms with van der Waals surface area (Å²) in [5.41, 5.74) is 10.4. The lowest BCUT2D eigenvalue weighted by molar-refractivity contribution is 1.40. The average molecular weight is 437 g/mol. The minimum atomic E-state index is 0.685. The Morgan fingerprint density at radius 1 is 0.500 bits per heavy atom. The molecule has 34 heavy (non-hydrogen) atoms. The molecule has 0 bridgehead atoms. The maximum Gasteiger partial charge on any atom is 0.0991 e. The topological polar surface area (TPSA) is 47.6 Å². The first-order valence-corrected chi connectivity index (χ1v) is 11.1. The van der Waals surface area contributed by atoms with Gasteiger partial charge in [-0.15, -0.1) is 0 Å². The van der Waals surface area contributed by atoms with Gasteiger partial charge in [-0.1, -0.05) is 85.0 Å². The van der Waals surface area contributed by atoms with Crippen molar-refractivity contribution < 1.29 is 0 Å². The van der Waals surface area contributed by atoms with Gasteiger partial charge in [-0.05, 0) is 82.6 Å². The molecule has 0 heterocycles. The smallest absolute Gasteiger partial charge is 0.0991 e. The fourth-order valence-corrected chi connectivity index (χ4v) is 3.81. The number of aryl methyl sites for hydroxylation is 2. The van der Waals surface area contributed by atoms with Crippen molar-refractivity contribution in [2.24, 2.45) is 0 Å². The van der Waals surface area contributed by atoms with E-state index in [1.165, 1.54) is 11.1 Å². The van der Waals surface area contributed by atoms with E-state index in [4.69, 9.17) is 10.5 Å². The summed E-state index contributed by atoms with van der Waals surface area (Å²) < 4.78 is 0. The molecule has 162 valence electrons. The zero-order chi connectivity index (χ0) is 23.9. The Labute approximate surface area is 201 Å². The van der Waals surface area contributed by atoms with Crippen LogP contribution < -0.4 is 0 Å². The molecule has 0 aromatic heterocycles. The largest absolute Gasteiger partial charge is 0.192 e. The van der Waals surface area contributed by atoms with Crippen molar-refractivity contribution in [3.63, 3.8) is 0 Å². The summed E-state index contributed by atoms with van der Waals surface area (Å²) in [6.07, 6.45) is 8.36. The van der Waals surface area contributed by atoms with E-state index in [9.17, 15) is 0 Å². The molecule has 0 unspecified atom stereocenters. The van der Waals surface area contributed by atoms with E-state index < -0.39 is 0 Å². The van der Waals surface area contributed by atoms with Crippen molar-refractivity contribution in [2.75, 3.05) is 0 Å². The molecule has 2 nitrogen and oxygen atoms in total. The Balaban J connectivity index is 1.44. The molecule has 0 amide bonds. The molecule has 4 rings (SSSR count). The van der Waals surface area contributed by atoms with Crippen molar-refractivity contribution in [3.05, 3.63) is 129 Å². The Bertz CT molecular complexity index is 1340. The highest BCUT2D eigenvalue weighted by Gasteiger charge is 2.00. The van der Waals surface area contributed by atoms with E-state index in [1.54, 1.807) is 0 Å². The predicted molar refractivity (Wildman–Crippen MR) is 142 cm³/mol. The summed E-state index contributed by atoms with van der Waals surface area (Å²) in [6.45, 7) is 4.04. The molecule has 0 saturated carbocycles. The molecule has 0 spiro atoms. The molecule has 0 atom stereocenters. The van der Waals surface area contributed by atoms with Gasteiger partial charge in [0.15, 0.2) is 0 Å². The predicted octanol–water partition coefficient (Wildman–Crippen LogP) is 8.05. The highest BCUT2D eigenvalue weighted by molar-refractivity contribution is 5.75. The highest BCUT2D eigenvalue weighted by atomic mass is 14.2. The zero-order valence-electron chi connectivity index (χ0n) is 19.3. The SMILES string of the molecule is Cc1cc(C#N)ccc1C=Cc1ccc(-c2ccc(C=Cc3ccc(C#N)cc3C)cc2)cc1. The second-order valence-electron chi connectivity index (χ2n) is 8.28. The molecular formula is C32H24N2. The van der Waals surface area contributed by atoms with Crippen LogP contribution in [0.25, 0.3) is 35.4 Å². The first kappa shape index (κ1) is 22.5. The maximum atomic E-state index is 9.02. The molecule has 2 heteroatoms. The van der Waals surface area contributed by atoms with E-state index in [0.29, 0.717) is 11.1 Å². The molecule has 0 fully saturated rings. The molecule has 0 saturated heterocycles. The third-order valence-electron chi connectivity index (χ3n) is 5.86. The summed E-state index contributed by atoms with van der Waals surface area (Å²) in [5.74, 6) is 0. The van der Waals surface area contributed by atoms with Gasteiger partial charge in [-0.25, -0.2) is 0 Å². The van der Waals surface area contributed by atoms with Crippen molar-refractivity contribution in [1.82, 2.24) is 0 Å². The molecule has 0 aliphatic rings. The van der Waals surface area contributed by atoms with Crippen LogP contribution in [0.2, 0.25) is 0 Å². The molecule has 0 N–H and O–H groups in total. The maximum absolute atomic E-state index is 9.02. The van der Waals surface area contributed by atoms with Gasteiger partial charge in [-0.2, -0.15) is 10.5 Å². The first-order chi connectivity index (χ1) is 16.6. The molecule has 4 aromatic rings. The van der Waals surface area contributed by atoms with Gasteiger partial charge in [0.2, 0.25) is 0 Å². The van der Waals surface area contributed by atoms with Crippen molar-refractivity contribution in [3.8, 4) is 23.3 Å². The van der Waals surface area contributed by atoms with E-state index >= 15 is 0 Å². The average Bonchev–Trinajstić information content (AvgIpc) is 2.88. The van der Waals surface area contributed by atoms with Crippen LogP contribution in [0.4, 0.5) is 0 Å². The number of hydrogen-bond donors (Lipinski definition) is 0. The number of rotatable bonds is 5. The summed E-state index contributed by atoms with van der Waals surface area (Å²) >= 11 is 0. The van der Waals surface area contributed by atoms with Crippen LogP contribution in [0.3, 0.4) is 0 Å². The van der Waals surface area contributed by atoms with Crippen LogP contribution >= 0.6 is 0 Å². The van der Waals surface area contributed by atoms with E-state index in [2.05, 4.69) is 85.0 Å². The first-order valence-electron chi connectivity index (χ1n) is 11.1. The number of benzene rings is 4. The standard InChI is InChI=1S/C32H24N2/c1-23-19-27(21-33)9-13-29(23)11-3-25-5-15-31(16-6-25)32-17-7-26(8-18-32)4-12-30-14-10-28(22-34)20-24(30)2/h3-20H,1-2H3. The van der Waals surface area contributed by atoms with Crippen LogP contribution in [0.15, 0.2) is 84.9 Å². The number of nitriles is 2. The Kier molecular flexibility index (Phi) is 6.83. The van der Waals surface area contributed by atoms with E-state index in [-0.39, 0.29) is 0 Å². The van der Waals surface area contributed by atoms with Crippen LogP contribution in [-0.2, 0) is 0 Å². The summed E-state index contributed by atoms with van der Waals surface area (Å²) in [7, 11) is 0. The second kappa shape index (κ2) is 10.3. The van der Waals surface area contributed by atoms with Gasteiger partial charge in [0.25, 0.3) is 0 Å². The third kappa shape index (κ3) is 5.39. The molecule has 0 aliphatic heterocycles. The molecule has 0 radical (unpaired) electrons. The fraction of sp³-hybridized carbons (Fsp3) is 0.0625. The van der Waals surface area contributed by atoms with Crippen LogP contribution in [0.5, 0.6) is 0 Å². The Morgan fingerprint density at radius 2 is 0.882 bits per heavy atom. The minimum absolute atomic E-state index is 0.685. The van der Waals surface area contributed by atoms with Gasteiger partial charge in [0.05, 0.1) is 23.3 Å². The second-order valence-corrected chi connectivity index (χ2v) is 8.28. The highest BCUT2D eigenvalue weighted by Crippen LogP contribution is 2.23. The lowest BCUT2D eigenvalue weighted by Crippen LogP contribution is -1.83. The minimum Gasteiger partial charge on any atom is -0.192 e. The van der Waals surface area contributed by atoms with E-state index in [1.807, 2.05) is 50.2 Å². The van der Waals surface area contributed by atoms with Gasteiger partial charge < -0.3 is 0 Å². The number of nitrogens with zero attached hydrogens (tertiary/aromatic N) is 2. The zero-order valence-corrected chi connectivity index (χ0v) is 19.3. The Morgan fingerprint density at radius 3 is 1.21 bits per heavy atom. The molecular weight excluding hydrogens is 412 g/mol. The van der Waals surface area contributed by atoms with Crippen LogP contribution in [0, 0.1) is 36.5 Å².